The van der Waals surface area contributed by atoms with Crippen LogP contribution in [0.25, 0.3) is 0 Å². The Morgan fingerprint density at radius 3 is 2.29 bits per heavy atom. The molecule has 0 N–H and O–H groups in total. The van der Waals surface area contributed by atoms with Gasteiger partial charge in [-0.3, -0.25) is 0 Å². The SMILES string of the molecule is Cc1cc(Br)c(S(=O)(=O)N(CCCl)CC(F)(F)F)cc1Br. The molecule has 0 aromatic heterocycles. The fourth-order valence-electron chi connectivity index (χ4n) is 1.54. The van der Waals surface area contributed by atoms with Crippen molar-refractivity contribution in [1.82, 2.24) is 4.31 Å². The summed E-state index contributed by atoms with van der Waals surface area (Å²) in [6, 6.07) is 2.79. The van der Waals surface area contributed by atoms with E-state index in [4.69, 9.17) is 11.6 Å². The van der Waals surface area contributed by atoms with Gasteiger partial charge in [-0.15, -0.1) is 11.6 Å². The molecule has 1 aromatic carbocycles. The van der Waals surface area contributed by atoms with E-state index in [-0.39, 0.29) is 15.2 Å². The first-order valence-electron chi connectivity index (χ1n) is 5.57. The Hall–Kier alpha value is 0.170. The number of rotatable bonds is 5. The summed E-state index contributed by atoms with van der Waals surface area (Å²) in [7, 11) is -4.31. The molecule has 0 atom stereocenters. The number of alkyl halides is 4. The third-order valence-corrected chi connectivity index (χ3v) is 6.35. The van der Waals surface area contributed by atoms with E-state index >= 15 is 0 Å². The van der Waals surface area contributed by atoms with Crippen molar-refractivity contribution in [1.29, 1.82) is 0 Å². The van der Waals surface area contributed by atoms with E-state index in [2.05, 4.69) is 31.9 Å². The molecule has 0 spiro atoms. The maximum absolute atomic E-state index is 12.5. The first-order chi connectivity index (χ1) is 9.49. The molecule has 0 saturated carbocycles. The van der Waals surface area contributed by atoms with Crippen molar-refractivity contribution in [2.45, 2.75) is 18.0 Å². The van der Waals surface area contributed by atoms with Crippen molar-refractivity contribution in [2.24, 2.45) is 0 Å². The van der Waals surface area contributed by atoms with Gasteiger partial charge in [-0.25, -0.2) is 8.42 Å². The van der Waals surface area contributed by atoms with E-state index in [0.29, 0.717) is 8.78 Å². The molecule has 10 heteroatoms. The second kappa shape index (κ2) is 7.16. The summed E-state index contributed by atoms with van der Waals surface area (Å²) in [6.45, 7) is -0.279. The van der Waals surface area contributed by atoms with Crippen LogP contribution in [0.3, 0.4) is 0 Å². The molecule has 0 aliphatic rings. The molecular formula is C11H11Br2ClF3NO2S. The standard InChI is InChI=1S/C11H11Br2ClF3NO2S/c1-7-4-9(13)10(5-8(7)12)21(19,20)18(3-2-14)6-11(15,16)17/h4-5H,2-3,6H2,1H3. The summed E-state index contributed by atoms with van der Waals surface area (Å²) in [5.74, 6) is -0.236. The highest BCUT2D eigenvalue weighted by Crippen LogP contribution is 2.32. The lowest BCUT2D eigenvalue weighted by molar-refractivity contribution is -0.135. The van der Waals surface area contributed by atoms with Crippen LogP contribution in [0.5, 0.6) is 0 Å². The minimum atomic E-state index is -4.65. The Bertz CT molecular complexity index is 623. The van der Waals surface area contributed by atoms with Crippen LogP contribution < -0.4 is 0 Å². The van der Waals surface area contributed by atoms with Crippen molar-refractivity contribution in [2.75, 3.05) is 19.0 Å². The predicted molar refractivity (Wildman–Crippen MR) is 82.1 cm³/mol. The van der Waals surface area contributed by atoms with Gasteiger partial charge in [0, 0.05) is 21.4 Å². The molecule has 0 radical (unpaired) electrons. The maximum Gasteiger partial charge on any atom is 0.402 e. The van der Waals surface area contributed by atoms with Crippen LogP contribution in [-0.4, -0.2) is 37.9 Å². The molecular weight excluding hydrogens is 462 g/mol. The number of aryl methyl sites for hydroxylation is 1. The summed E-state index contributed by atoms with van der Waals surface area (Å²) >= 11 is 11.7. The fourth-order valence-corrected chi connectivity index (χ4v) is 4.91. The summed E-state index contributed by atoms with van der Waals surface area (Å²) < 4.78 is 63.5. The average molecular weight is 474 g/mol. The number of halogens is 6. The second-order valence-electron chi connectivity index (χ2n) is 4.17. The second-order valence-corrected chi connectivity index (χ2v) is 8.17. The monoisotopic (exact) mass is 471 g/mol. The zero-order valence-corrected chi connectivity index (χ0v) is 15.5. The minimum absolute atomic E-state index is 0.199. The Kier molecular flexibility index (Phi) is 6.55. The van der Waals surface area contributed by atoms with E-state index in [0.717, 1.165) is 5.56 Å². The summed E-state index contributed by atoms with van der Waals surface area (Å²) in [5, 5.41) is 0. The van der Waals surface area contributed by atoms with Gasteiger partial charge in [0.05, 0.1) is 4.90 Å². The molecule has 0 aliphatic carbocycles. The van der Waals surface area contributed by atoms with Gasteiger partial charge < -0.3 is 0 Å². The van der Waals surface area contributed by atoms with Gasteiger partial charge in [0.1, 0.15) is 6.54 Å². The molecule has 0 bridgehead atoms. The van der Waals surface area contributed by atoms with Crippen LogP contribution >= 0.6 is 43.5 Å². The Morgan fingerprint density at radius 2 is 1.81 bits per heavy atom. The third kappa shape index (κ3) is 5.09. The number of hydrogen-bond acceptors (Lipinski definition) is 2. The Labute approximate surface area is 142 Å². The normalized spacial score (nSPS) is 13.0. The highest BCUT2D eigenvalue weighted by atomic mass is 79.9. The molecule has 0 heterocycles. The van der Waals surface area contributed by atoms with E-state index in [1.807, 2.05) is 0 Å². The first kappa shape index (κ1) is 19.2. The smallest absolute Gasteiger partial charge is 0.207 e. The largest absolute Gasteiger partial charge is 0.402 e. The molecule has 0 saturated heterocycles. The Balaban J connectivity index is 3.32. The topological polar surface area (TPSA) is 37.4 Å². The molecule has 1 rings (SSSR count). The molecule has 0 unspecified atom stereocenters. The highest BCUT2D eigenvalue weighted by molar-refractivity contribution is 9.11. The van der Waals surface area contributed by atoms with Crippen LogP contribution in [0.2, 0.25) is 0 Å². The maximum atomic E-state index is 12.5. The molecule has 120 valence electrons. The summed E-state index contributed by atoms with van der Waals surface area (Å²) in [5.41, 5.74) is 0.750. The number of benzene rings is 1. The predicted octanol–water partition coefficient (Wildman–Crippen LogP) is 4.31. The van der Waals surface area contributed by atoms with Crippen LogP contribution in [0, 0.1) is 6.92 Å². The van der Waals surface area contributed by atoms with Gasteiger partial charge in [0.25, 0.3) is 0 Å². The fraction of sp³-hybridized carbons (Fsp3) is 0.455. The van der Waals surface area contributed by atoms with Crippen LogP contribution in [-0.2, 0) is 10.0 Å². The van der Waals surface area contributed by atoms with Gasteiger partial charge in [-0.05, 0) is 40.5 Å². The van der Waals surface area contributed by atoms with E-state index < -0.39 is 29.3 Å². The lowest BCUT2D eigenvalue weighted by Gasteiger charge is -2.23. The van der Waals surface area contributed by atoms with Gasteiger partial charge in [-0.2, -0.15) is 17.5 Å². The quantitative estimate of drug-likeness (QED) is 0.598. The lowest BCUT2D eigenvalue weighted by atomic mass is 10.2. The molecule has 1 aromatic rings. The van der Waals surface area contributed by atoms with Crippen molar-refractivity contribution in [3.05, 3.63) is 26.6 Å². The van der Waals surface area contributed by atoms with E-state index in [9.17, 15) is 21.6 Å². The van der Waals surface area contributed by atoms with Crippen LogP contribution in [0.4, 0.5) is 13.2 Å². The molecule has 0 aliphatic heterocycles. The van der Waals surface area contributed by atoms with Gasteiger partial charge in [0.15, 0.2) is 0 Å². The van der Waals surface area contributed by atoms with Gasteiger partial charge >= 0.3 is 6.18 Å². The summed E-state index contributed by atoms with van der Waals surface area (Å²) in [4.78, 5) is -0.241. The van der Waals surface area contributed by atoms with Crippen molar-refractivity contribution in [3.8, 4) is 0 Å². The molecule has 21 heavy (non-hydrogen) atoms. The number of hydrogen-bond donors (Lipinski definition) is 0. The highest BCUT2D eigenvalue weighted by Gasteiger charge is 2.37. The van der Waals surface area contributed by atoms with Crippen LogP contribution in [0.1, 0.15) is 5.56 Å². The third-order valence-electron chi connectivity index (χ3n) is 2.52. The van der Waals surface area contributed by atoms with Crippen LogP contribution in [0.15, 0.2) is 26.0 Å². The van der Waals surface area contributed by atoms with Crippen molar-refractivity contribution in [3.63, 3.8) is 0 Å². The van der Waals surface area contributed by atoms with E-state index in [1.165, 1.54) is 12.1 Å². The average Bonchev–Trinajstić information content (AvgIpc) is 2.31. The number of sulfonamides is 1. The first-order valence-corrected chi connectivity index (χ1v) is 9.13. The van der Waals surface area contributed by atoms with Gasteiger partial charge in [-0.1, -0.05) is 15.9 Å². The zero-order chi connectivity index (χ0) is 16.4. The van der Waals surface area contributed by atoms with Gasteiger partial charge in [0.2, 0.25) is 10.0 Å². The minimum Gasteiger partial charge on any atom is -0.207 e. The zero-order valence-electron chi connectivity index (χ0n) is 10.7. The number of nitrogens with zero attached hydrogens (tertiary/aromatic N) is 1. The molecule has 3 nitrogen and oxygen atoms in total. The summed E-state index contributed by atoms with van der Waals surface area (Å²) in [6.07, 6.45) is -4.65. The van der Waals surface area contributed by atoms with Crippen molar-refractivity contribution >= 4 is 53.5 Å². The lowest BCUT2D eigenvalue weighted by Crippen LogP contribution is -2.40. The van der Waals surface area contributed by atoms with E-state index in [1.54, 1.807) is 6.92 Å². The Morgan fingerprint density at radius 1 is 1.24 bits per heavy atom. The van der Waals surface area contributed by atoms with Crippen molar-refractivity contribution < 1.29 is 21.6 Å². The molecule has 0 amide bonds. The molecule has 0 fully saturated rings.